The maximum absolute atomic E-state index is 12.9. The lowest BCUT2D eigenvalue weighted by atomic mass is 10.0. The number of phosphoric acid groups is 1. The molecule has 0 aromatic rings. The number of phosphoric ester groups is 1. The number of aliphatic hydroxyl groups excluding tert-OH is 1. The Bertz CT molecular complexity index is 1420. The molecule has 8 nitrogen and oxygen atoms in total. The van der Waals surface area contributed by atoms with Crippen LogP contribution in [0.5, 0.6) is 0 Å². The molecule has 0 bridgehead atoms. The third-order valence-corrected chi connectivity index (χ3v) is 11.7. The molecule has 0 saturated heterocycles. The molecule has 0 aliphatic rings. The van der Waals surface area contributed by atoms with E-state index in [1.807, 2.05) is 27.2 Å². The number of likely N-dealkylation sites (N-methyl/N-ethyl adjacent to an activating group) is 1. The third-order valence-electron chi connectivity index (χ3n) is 10.7. The third kappa shape index (κ3) is 48.9. The summed E-state index contributed by atoms with van der Waals surface area (Å²) in [5, 5.41) is 13.7. The standard InChI is InChI=1S/C56H97N2O6P/c1-6-8-10-12-14-16-17-18-19-20-21-22-23-24-25-26-27-28-29-30-31-32-33-34-35-36-37-38-39-40-41-42-44-46-48-50-56(60)57-54(53-64-65(61,62)63-52-51-58(3,4)5)55(59)49-47-45-43-15-13-11-9-7-2/h8,10,13-16,18-19,21-22,24-25,27-28,30-31,47,49,54-55,59H,6-7,9,11-12,17,20,23,26,29,32-46,48,50-53H2,1-5H3,(H-,57,60,61,62)/p+1/b10-8-,15-13+,16-14-,19-18-,22-21-,25-24-,28-27-,31-30-,49-47+. The first-order chi connectivity index (χ1) is 31.5. The van der Waals surface area contributed by atoms with E-state index in [0.29, 0.717) is 17.4 Å². The van der Waals surface area contributed by atoms with Crippen LogP contribution >= 0.6 is 7.82 Å². The van der Waals surface area contributed by atoms with Crippen molar-refractivity contribution in [1.29, 1.82) is 0 Å². The normalized spacial score (nSPS) is 15.0. The molecular weight excluding hydrogens is 828 g/mol. The minimum Gasteiger partial charge on any atom is -0.387 e. The summed E-state index contributed by atoms with van der Waals surface area (Å²) in [6.07, 6.45) is 67.8. The minimum atomic E-state index is -4.35. The van der Waals surface area contributed by atoms with E-state index in [4.69, 9.17) is 9.05 Å². The zero-order valence-electron chi connectivity index (χ0n) is 42.2. The molecule has 0 aromatic heterocycles. The Balaban J connectivity index is 4.01. The summed E-state index contributed by atoms with van der Waals surface area (Å²) in [5.74, 6) is -0.197. The summed E-state index contributed by atoms with van der Waals surface area (Å²) in [5.41, 5.74) is 0. The Morgan fingerprint density at radius 2 is 0.938 bits per heavy atom. The second kappa shape index (κ2) is 46.3. The van der Waals surface area contributed by atoms with Gasteiger partial charge in [-0.25, -0.2) is 4.57 Å². The Morgan fingerprint density at radius 3 is 1.42 bits per heavy atom. The molecule has 0 saturated carbocycles. The number of carbonyl (C=O) groups excluding carboxylic acids is 1. The quantitative estimate of drug-likeness (QED) is 0.0243. The van der Waals surface area contributed by atoms with E-state index in [9.17, 15) is 19.4 Å². The summed E-state index contributed by atoms with van der Waals surface area (Å²) >= 11 is 0. The fraction of sp³-hybridized carbons (Fsp3) is 0.661. The molecule has 0 spiro atoms. The number of rotatable bonds is 45. The maximum atomic E-state index is 12.9. The number of unbranched alkanes of at least 4 members (excludes halogenated alkanes) is 16. The number of nitrogens with zero attached hydrogens (tertiary/aromatic N) is 1. The number of hydrogen-bond acceptors (Lipinski definition) is 5. The van der Waals surface area contributed by atoms with Crippen LogP contribution in [-0.2, 0) is 18.4 Å². The van der Waals surface area contributed by atoms with E-state index in [2.05, 4.69) is 116 Å². The van der Waals surface area contributed by atoms with Crippen molar-refractivity contribution >= 4 is 13.7 Å². The highest BCUT2D eigenvalue weighted by atomic mass is 31.2. The number of carbonyl (C=O) groups is 1. The first kappa shape index (κ1) is 62.2. The molecular formula is C56H98N2O6P+. The molecule has 3 unspecified atom stereocenters. The molecule has 0 aromatic carbocycles. The Kier molecular flexibility index (Phi) is 44.3. The van der Waals surface area contributed by atoms with E-state index in [-0.39, 0.29) is 19.1 Å². The molecule has 3 N–H and O–H groups in total. The average Bonchev–Trinajstić information content (AvgIpc) is 3.26. The van der Waals surface area contributed by atoms with Crippen molar-refractivity contribution < 1.29 is 32.9 Å². The molecule has 372 valence electrons. The number of quaternary nitrogens is 1. The Labute approximate surface area is 400 Å². The molecule has 1 amide bonds. The number of hydrogen-bond donors (Lipinski definition) is 3. The second-order valence-corrected chi connectivity index (χ2v) is 19.6. The monoisotopic (exact) mass is 926 g/mol. The summed E-state index contributed by atoms with van der Waals surface area (Å²) in [6, 6.07) is -0.867. The topological polar surface area (TPSA) is 105 Å². The Hall–Kier alpha value is -2.84. The molecule has 0 heterocycles. The van der Waals surface area contributed by atoms with Crippen molar-refractivity contribution in [3.63, 3.8) is 0 Å². The van der Waals surface area contributed by atoms with Gasteiger partial charge in [0.25, 0.3) is 0 Å². The predicted octanol–water partition coefficient (Wildman–Crippen LogP) is 15.3. The zero-order chi connectivity index (χ0) is 47.8. The zero-order valence-corrected chi connectivity index (χ0v) is 43.1. The fourth-order valence-corrected chi connectivity index (χ4v) is 7.41. The van der Waals surface area contributed by atoms with Gasteiger partial charge in [0.1, 0.15) is 13.2 Å². The lowest BCUT2D eigenvalue weighted by Gasteiger charge is -2.25. The van der Waals surface area contributed by atoms with Gasteiger partial charge in [-0.2, -0.15) is 0 Å². The SMILES string of the molecule is CC/C=C\C/C=C\C/C=C\C/C=C\C/C=C\C/C=C\C/C=C\CCCCCCCCCCCCCCCC(=O)NC(COP(=O)(O)OCC[N+](C)(C)C)C(O)/C=C/CC/C=C/CCCC. The van der Waals surface area contributed by atoms with Gasteiger partial charge in [0.2, 0.25) is 5.91 Å². The van der Waals surface area contributed by atoms with Crippen molar-refractivity contribution in [2.24, 2.45) is 0 Å². The highest BCUT2D eigenvalue weighted by molar-refractivity contribution is 7.47. The number of aliphatic hydroxyl groups is 1. The van der Waals surface area contributed by atoms with Crippen LogP contribution in [0.25, 0.3) is 0 Å². The van der Waals surface area contributed by atoms with Crippen molar-refractivity contribution in [3.05, 3.63) is 109 Å². The molecule has 65 heavy (non-hydrogen) atoms. The van der Waals surface area contributed by atoms with Crippen LogP contribution in [0.3, 0.4) is 0 Å². The van der Waals surface area contributed by atoms with E-state index < -0.39 is 20.0 Å². The number of allylic oxidation sites excluding steroid dienone is 17. The average molecular weight is 926 g/mol. The summed E-state index contributed by atoms with van der Waals surface area (Å²) in [6.45, 7) is 4.58. The van der Waals surface area contributed by atoms with E-state index in [1.54, 1.807) is 6.08 Å². The van der Waals surface area contributed by atoms with Crippen molar-refractivity contribution in [2.45, 2.75) is 199 Å². The molecule has 0 aliphatic heterocycles. The van der Waals surface area contributed by atoms with Crippen LogP contribution < -0.4 is 5.32 Å². The van der Waals surface area contributed by atoms with Crippen molar-refractivity contribution in [3.8, 4) is 0 Å². The van der Waals surface area contributed by atoms with Gasteiger partial charge in [0, 0.05) is 6.42 Å². The smallest absolute Gasteiger partial charge is 0.387 e. The van der Waals surface area contributed by atoms with Crippen molar-refractivity contribution in [2.75, 3.05) is 40.9 Å². The fourth-order valence-electron chi connectivity index (χ4n) is 6.67. The van der Waals surface area contributed by atoms with E-state index in [1.165, 1.54) is 83.5 Å². The minimum absolute atomic E-state index is 0.0509. The molecule has 0 radical (unpaired) electrons. The van der Waals surface area contributed by atoms with Crippen LogP contribution in [0.4, 0.5) is 0 Å². The highest BCUT2D eigenvalue weighted by Crippen LogP contribution is 2.43. The first-order valence-corrected chi connectivity index (χ1v) is 27.3. The lowest BCUT2D eigenvalue weighted by Crippen LogP contribution is -2.45. The van der Waals surface area contributed by atoms with Crippen molar-refractivity contribution in [1.82, 2.24) is 5.32 Å². The highest BCUT2D eigenvalue weighted by Gasteiger charge is 2.27. The second-order valence-electron chi connectivity index (χ2n) is 18.2. The van der Waals surface area contributed by atoms with E-state index in [0.717, 1.165) is 83.5 Å². The largest absolute Gasteiger partial charge is 0.472 e. The predicted molar refractivity (Wildman–Crippen MR) is 281 cm³/mol. The van der Waals surface area contributed by atoms with Gasteiger partial charge in [-0.1, -0.05) is 207 Å². The Morgan fingerprint density at radius 1 is 0.538 bits per heavy atom. The maximum Gasteiger partial charge on any atom is 0.472 e. The van der Waals surface area contributed by atoms with Crippen LogP contribution in [0.1, 0.15) is 187 Å². The van der Waals surface area contributed by atoms with Gasteiger partial charge in [-0.05, 0) is 83.5 Å². The van der Waals surface area contributed by atoms with Crippen LogP contribution in [0.2, 0.25) is 0 Å². The van der Waals surface area contributed by atoms with Crippen LogP contribution in [0.15, 0.2) is 109 Å². The summed E-state index contributed by atoms with van der Waals surface area (Å²) in [4.78, 5) is 23.1. The molecule has 0 aliphatic carbocycles. The van der Waals surface area contributed by atoms with Gasteiger partial charge in [0.15, 0.2) is 0 Å². The summed E-state index contributed by atoms with van der Waals surface area (Å²) < 4.78 is 23.5. The first-order valence-electron chi connectivity index (χ1n) is 25.8. The molecule has 9 heteroatoms. The van der Waals surface area contributed by atoms with Crippen LogP contribution in [0, 0.1) is 0 Å². The number of nitrogens with one attached hydrogen (secondary N) is 1. The number of amides is 1. The van der Waals surface area contributed by atoms with Gasteiger partial charge in [0.05, 0.1) is 39.9 Å². The molecule has 0 fully saturated rings. The molecule has 0 rings (SSSR count). The summed E-state index contributed by atoms with van der Waals surface area (Å²) in [7, 11) is 1.54. The molecule has 3 atom stereocenters. The van der Waals surface area contributed by atoms with Gasteiger partial charge in [-0.3, -0.25) is 13.8 Å². The van der Waals surface area contributed by atoms with Gasteiger partial charge in [-0.15, -0.1) is 0 Å². The van der Waals surface area contributed by atoms with Gasteiger partial charge < -0.3 is 19.8 Å². The van der Waals surface area contributed by atoms with E-state index >= 15 is 0 Å². The lowest BCUT2D eigenvalue weighted by molar-refractivity contribution is -0.870. The van der Waals surface area contributed by atoms with Crippen LogP contribution in [-0.4, -0.2) is 73.4 Å². The van der Waals surface area contributed by atoms with Gasteiger partial charge >= 0.3 is 7.82 Å².